The van der Waals surface area contributed by atoms with E-state index in [4.69, 9.17) is 0 Å². The van der Waals surface area contributed by atoms with E-state index in [0.29, 0.717) is 37.9 Å². The maximum Gasteiger partial charge on any atom is 0.401 e. The number of carbonyl (C=O) groups excluding carboxylic acids is 1. The first-order chi connectivity index (χ1) is 13.3. The maximum atomic E-state index is 12.7. The summed E-state index contributed by atoms with van der Waals surface area (Å²) < 4.78 is 37.5. The third kappa shape index (κ3) is 5.27. The van der Waals surface area contributed by atoms with Crippen molar-refractivity contribution in [2.45, 2.75) is 63.2 Å². The number of aryl methyl sites for hydroxylation is 1. The molecule has 0 radical (unpaired) electrons. The second-order valence-electron chi connectivity index (χ2n) is 8.56. The monoisotopic (exact) mass is 415 g/mol. The molecule has 2 unspecified atom stereocenters. The Balaban J connectivity index is 1.25. The Morgan fingerprint density at radius 1 is 1.25 bits per heavy atom. The van der Waals surface area contributed by atoms with Gasteiger partial charge in [-0.1, -0.05) is 0 Å². The molecule has 4 nitrogen and oxygen atoms in total. The number of hydrogen-bond donors (Lipinski definition) is 2. The molecule has 2 aliphatic carbocycles. The standard InChI is InChI=1S/C20H28F3N3OS/c1-12-15(9-18(28-12)16-8-17(16)24-10-13-2-3-13)19(27)25-14-4-6-26(7-5-14)11-20(21,22)23/h9,13-14,16-17,24H,2-8,10-11H2,1H3,(H,25,27). The van der Waals surface area contributed by atoms with Crippen molar-refractivity contribution >= 4 is 17.2 Å². The van der Waals surface area contributed by atoms with Gasteiger partial charge in [0.25, 0.3) is 5.91 Å². The van der Waals surface area contributed by atoms with Crippen LogP contribution in [-0.4, -0.2) is 55.2 Å². The number of alkyl halides is 3. The molecule has 1 saturated heterocycles. The minimum Gasteiger partial charge on any atom is -0.349 e. The van der Waals surface area contributed by atoms with E-state index >= 15 is 0 Å². The summed E-state index contributed by atoms with van der Waals surface area (Å²) in [6.45, 7) is 2.97. The van der Waals surface area contributed by atoms with E-state index in [9.17, 15) is 18.0 Å². The molecule has 0 bridgehead atoms. The SMILES string of the molecule is Cc1sc(C2CC2NCC2CC2)cc1C(=O)NC1CCN(CC(F)(F)F)CC1. The van der Waals surface area contributed by atoms with Gasteiger partial charge >= 0.3 is 6.18 Å². The van der Waals surface area contributed by atoms with E-state index < -0.39 is 12.7 Å². The summed E-state index contributed by atoms with van der Waals surface area (Å²) in [6, 6.07) is 2.53. The summed E-state index contributed by atoms with van der Waals surface area (Å²) in [4.78, 5) is 16.4. The van der Waals surface area contributed by atoms with Gasteiger partial charge in [-0.3, -0.25) is 9.69 Å². The number of rotatable bonds is 7. The molecule has 1 aliphatic heterocycles. The van der Waals surface area contributed by atoms with Crippen molar-refractivity contribution < 1.29 is 18.0 Å². The zero-order chi connectivity index (χ0) is 19.9. The highest BCUT2D eigenvalue weighted by atomic mass is 32.1. The molecule has 3 aliphatic rings. The highest BCUT2D eigenvalue weighted by Crippen LogP contribution is 2.45. The molecule has 2 N–H and O–H groups in total. The lowest BCUT2D eigenvalue weighted by atomic mass is 10.0. The van der Waals surface area contributed by atoms with Gasteiger partial charge in [-0.25, -0.2) is 0 Å². The molecule has 2 saturated carbocycles. The number of likely N-dealkylation sites (tertiary alicyclic amines) is 1. The number of amides is 1. The third-order valence-corrected chi connectivity index (χ3v) is 7.21. The molecule has 4 rings (SSSR count). The normalized spacial score (nSPS) is 26.4. The fraction of sp³-hybridized carbons (Fsp3) is 0.750. The van der Waals surface area contributed by atoms with Crippen molar-refractivity contribution in [3.63, 3.8) is 0 Å². The molecule has 0 spiro atoms. The highest BCUT2D eigenvalue weighted by Gasteiger charge is 2.40. The predicted molar refractivity (Wildman–Crippen MR) is 104 cm³/mol. The lowest BCUT2D eigenvalue weighted by Gasteiger charge is -2.32. The van der Waals surface area contributed by atoms with Gasteiger partial charge in [0.05, 0.1) is 12.1 Å². The Bertz CT molecular complexity index is 708. The number of halogens is 3. The predicted octanol–water partition coefficient (Wildman–Crippen LogP) is 3.67. The fourth-order valence-electron chi connectivity index (χ4n) is 4.04. The van der Waals surface area contributed by atoms with Crippen molar-refractivity contribution in [3.05, 3.63) is 21.4 Å². The second-order valence-corrected chi connectivity index (χ2v) is 9.85. The summed E-state index contributed by atoms with van der Waals surface area (Å²) in [5.74, 6) is 1.31. The Morgan fingerprint density at radius 2 is 1.96 bits per heavy atom. The zero-order valence-electron chi connectivity index (χ0n) is 16.1. The molecule has 1 amide bonds. The Kier molecular flexibility index (Phi) is 5.73. The molecule has 28 heavy (non-hydrogen) atoms. The van der Waals surface area contributed by atoms with Gasteiger partial charge in [0, 0.05) is 40.8 Å². The van der Waals surface area contributed by atoms with Crippen LogP contribution >= 0.6 is 11.3 Å². The molecule has 2 heterocycles. The Morgan fingerprint density at radius 3 is 2.61 bits per heavy atom. The topological polar surface area (TPSA) is 44.4 Å². The van der Waals surface area contributed by atoms with Crippen LogP contribution in [0.3, 0.4) is 0 Å². The summed E-state index contributed by atoms with van der Waals surface area (Å²) in [7, 11) is 0. The largest absolute Gasteiger partial charge is 0.401 e. The molecule has 1 aromatic heterocycles. The van der Waals surface area contributed by atoms with Crippen LogP contribution in [0.4, 0.5) is 13.2 Å². The molecular weight excluding hydrogens is 387 g/mol. The fourth-order valence-corrected chi connectivity index (χ4v) is 5.24. The van der Waals surface area contributed by atoms with Crippen molar-refractivity contribution in [1.82, 2.24) is 15.5 Å². The molecule has 2 atom stereocenters. The summed E-state index contributed by atoms with van der Waals surface area (Å²) in [5, 5.41) is 6.67. The van der Waals surface area contributed by atoms with Crippen LogP contribution in [0, 0.1) is 12.8 Å². The van der Waals surface area contributed by atoms with E-state index in [2.05, 4.69) is 10.6 Å². The average Bonchev–Trinajstić information content (AvgIpc) is 3.52. The maximum absolute atomic E-state index is 12.7. The number of piperidine rings is 1. The van der Waals surface area contributed by atoms with Gasteiger partial charge in [-0.2, -0.15) is 13.2 Å². The van der Waals surface area contributed by atoms with Crippen molar-refractivity contribution in [1.29, 1.82) is 0 Å². The Hall–Kier alpha value is -1.12. The quantitative estimate of drug-likeness (QED) is 0.714. The molecular formula is C20H28F3N3OS. The van der Waals surface area contributed by atoms with Crippen molar-refractivity contribution in [3.8, 4) is 0 Å². The van der Waals surface area contributed by atoms with Crippen LogP contribution in [0.1, 0.15) is 58.1 Å². The smallest absolute Gasteiger partial charge is 0.349 e. The number of nitrogens with zero attached hydrogens (tertiary/aromatic N) is 1. The van der Waals surface area contributed by atoms with Gasteiger partial charge in [0.1, 0.15) is 0 Å². The van der Waals surface area contributed by atoms with Crippen LogP contribution in [-0.2, 0) is 0 Å². The van der Waals surface area contributed by atoms with Gasteiger partial charge in [0.2, 0.25) is 0 Å². The number of nitrogens with one attached hydrogen (secondary N) is 2. The molecule has 0 aromatic carbocycles. The van der Waals surface area contributed by atoms with Gasteiger partial charge in [-0.05, 0) is 57.6 Å². The van der Waals surface area contributed by atoms with E-state index in [1.54, 1.807) is 11.3 Å². The van der Waals surface area contributed by atoms with Gasteiger partial charge < -0.3 is 10.6 Å². The number of carbonyl (C=O) groups is 1. The van der Waals surface area contributed by atoms with Crippen LogP contribution < -0.4 is 10.6 Å². The first kappa shape index (κ1) is 20.2. The van der Waals surface area contributed by atoms with E-state index in [1.807, 2.05) is 13.0 Å². The average molecular weight is 416 g/mol. The second kappa shape index (κ2) is 7.95. The molecule has 156 valence electrons. The van der Waals surface area contributed by atoms with Crippen molar-refractivity contribution in [2.75, 3.05) is 26.2 Å². The lowest BCUT2D eigenvalue weighted by Crippen LogP contribution is -2.47. The van der Waals surface area contributed by atoms with Crippen LogP contribution in [0.25, 0.3) is 0 Å². The minimum atomic E-state index is -4.16. The van der Waals surface area contributed by atoms with Crippen molar-refractivity contribution in [2.24, 2.45) is 5.92 Å². The molecule has 8 heteroatoms. The van der Waals surface area contributed by atoms with Crippen LogP contribution in [0.5, 0.6) is 0 Å². The minimum absolute atomic E-state index is 0.0476. The zero-order valence-corrected chi connectivity index (χ0v) is 17.0. The molecule has 1 aromatic rings. The number of thiophene rings is 1. The van der Waals surface area contributed by atoms with Crippen LogP contribution in [0.15, 0.2) is 6.07 Å². The summed E-state index contributed by atoms with van der Waals surface area (Å²) >= 11 is 1.70. The van der Waals surface area contributed by atoms with Gasteiger partial charge in [-0.15, -0.1) is 11.3 Å². The lowest BCUT2D eigenvalue weighted by molar-refractivity contribution is -0.148. The van der Waals surface area contributed by atoms with E-state index in [1.165, 1.54) is 22.6 Å². The van der Waals surface area contributed by atoms with E-state index in [-0.39, 0.29) is 11.9 Å². The van der Waals surface area contributed by atoms with Crippen LogP contribution in [0.2, 0.25) is 0 Å². The highest BCUT2D eigenvalue weighted by molar-refractivity contribution is 7.12. The van der Waals surface area contributed by atoms with E-state index in [0.717, 1.165) is 29.3 Å². The summed E-state index contributed by atoms with van der Waals surface area (Å²) in [6.07, 6.45) is 0.811. The van der Waals surface area contributed by atoms with Gasteiger partial charge in [0.15, 0.2) is 0 Å². The first-order valence-corrected chi connectivity index (χ1v) is 11.0. The number of hydrogen-bond acceptors (Lipinski definition) is 4. The first-order valence-electron chi connectivity index (χ1n) is 10.2. The summed E-state index contributed by atoms with van der Waals surface area (Å²) in [5.41, 5.74) is 0.727. The third-order valence-electron chi connectivity index (χ3n) is 6.03. The molecule has 3 fully saturated rings. The Labute approximate surface area is 167 Å².